The molecule has 1 N–H and O–H groups in total. The number of aromatic nitrogens is 2. The molecule has 1 aliphatic rings. The minimum absolute atomic E-state index is 0.0743. The second-order valence-electron chi connectivity index (χ2n) is 9.71. The maximum atomic E-state index is 13.5. The van der Waals surface area contributed by atoms with Gasteiger partial charge in [0, 0.05) is 37.1 Å². The molecule has 0 unspecified atom stereocenters. The van der Waals surface area contributed by atoms with Crippen molar-refractivity contribution in [2.45, 2.75) is 51.1 Å². The Morgan fingerprint density at radius 1 is 0.921 bits per heavy atom. The Labute approximate surface area is 219 Å². The summed E-state index contributed by atoms with van der Waals surface area (Å²) in [5.74, 6) is -0.463. The number of alkyl halides is 3. The van der Waals surface area contributed by atoms with E-state index in [9.17, 15) is 27.6 Å². The number of carbonyl (C=O) groups is 3. The van der Waals surface area contributed by atoms with Gasteiger partial charge in [-0.05, 0) is 50.2 Å². The van der Waals surface area contributed by atoms with Crippen molar-refractivity contribution in [2.24, 2.45) is 11.8 Å². The monoisotopic (exact) mass is 525 g/mol. The first kappa shape index (κ1) is 27.3. The van der Waals surface area contributed by atoms with E-state index in [1.165, 1.54) is 0 Å². The minimum atomic E-state index is -4.78. The molecule has 3 aromatic rings. The molecule has 0 radical (unpaired) electrons. The Morgan fingerprint density at radius 3 is 2.18 bits per heavy atom. The van der Waals surface area contributed by atoms with Crippen LogP contribution in [0, 0.1) is 11.8 Å². The number of benzene rings is 2. The number of nitrogens with one attached hydrogen (secondary N) is 1. The standard InChI is InChI=1S/C29H30F3N3O3/c30-29(31,32)27-24(19-35(34-27)23-10-5-2-6-11-23)28(38)33-17-7-12-25(36)22-15-13-20(14-16-22)18-26(37)21-8-3-1-4-9-21/h1-6,8-11,19-20,22H,7,12-18H2,(H,33,38). The van der Waals surface area contributed by atoms with Crippen LogP contribution in [-0.2, 0) is 11.0 Å². The molecular formula is C29H30F3N3O3. The summed E-state index contributed by atoms with van der Waals surface area (Å²) in [6, 6.07) is 17.4. The zero-order valence-electron chi connectivity index (χ0n) is 20.9. The van der Waals surface area contributed by atoms with E-state index in [0.29, 0.717) is 24.1 Å². The van der Waals surface area contributed by atoms with Gasteiger partial charge < -0.3 is 5.32 Å². The first-order valence-electron chi connectivity index (χ1n) is 12.8. The van der Waals surface area contributed by atoms with Gasteiger partial charge in [-0.1, -0.05) is 48.5 Å². The lowest BCUT2D eigenvalue weighted by Gasteiger charge is -2.27. The number of hydrogen-bond donors (Lipinski definition) is 1. The van der Waals surface area contributed by atoms with Crippen molar-refractivity contribution in [1.82, 2.24) is 15.1 Å². The van der Waals surface area contributed by atoms with E-state index in [-0.39, 0.29) is 36.4 Å². The van der Waals surface area contributed by atoms with Gasteiger partial charge in [-0.15, -0.1) is 0 Å². The normalized spacial score (nSPS) is 17.7. The van der Waals surface area contributed by atoms with Crippen LogP contribution in [0.2, 0.25) is 0 Å². The molecular weight excluding hydrogens is 495 g/mol. The lowest BCUT2D eigenvalue weighted by atomic mass is 9.77. The fourth-order valence-corrected chi connectivity index (χ4v) is 4.92. The molecule has 4 rings (SSSR count). The van der Waals surface area contributed by atoms with E-state index in [1.807, 2.05) is 30.3 Å². The van der Waals surface area contributed by atoms with E-state index in [2.05, 4.69) is 10.4 Å². The van der Waals surface area contributed by atoms with Crippen LogP contribution in [0.3, 0.4) is 0 Å². The molecule has 0 saturated heterocycles. The third-order valence-corrected chi connectivity index (χ3v) is 7.01. The highest BCUT2D eigenvalue weighted by atomic mass is 19.4. The van der Waals surface area contributed by atoms with Crippen LogP contribution in [0.4, 0.5) is 13.2 Å². The van der Waals surface area contributed by atoms with Gasteiger partial charge in [-0.25, -0.2) is 4.68 Å². The quantitative estimate of drug-likeness (QED) is 0.258. The second-order valence-corrected chi connectivity index (χ2v) is 9.71. The van der Waals surface area contributed by atoms with Gasteiger partial charge in [0.2, 0.25) is 0 Å². The summed E-state index contributed by atoms with van der Waals surface area (Å²) in [7, 11) is 0. The Morgan fingerprint density at radius 2 is 1.55 bits per heavy atom. The topological polar surface area (TPSA) is 81.1 Å². The lowest BCUT2D eigenvalue weighted by molar-refractivity contribution is -0.141. The molecule has 9 heteroatoms. The van der Waals surface area contributed by atoms with Crippen LogP contribution in [0.1, 0.15) is 71.4 Å². The highest BCUT2D eigenvalue weighted by Crippen LogP contribution is 2.33. The highest BCUT2D eigenvalue weighted by Gasteiger charge is 2.39. The Balaban J connectivity index is 1.22. The Hall–Kier alpha value is -3.75. The maximum absolute atomic E-state index is 13.5. The van der Waals surface area contributed by atoms with E-state index < -0.39 is 23.3 Å². The predicted molar refractivity (Wildman–Crippen MR) is 136 cm³/mol. The van der Waals surface area contributed by atoms with Crippen molar-refractivity contribution < 1.29 is 27.6 Å². The maximum Gasteiger partial charge on any atom is 0.435 e. The van der Waals surface area contributed by atoms with Gasteiger partial charge >= 0.3 is 6.18 Å². The molecule has 6 nitrogen and oxygen atoms in total. The highest BCUT2D eigenvalue weighted by molar-refractivity contribution is 5.96. The number of nitrogens with zero attached hydrogens (tertiary/aromatic N) is 2. The molecule has 1 aliphatic carbocycles. The van der Waals surface area contributed by atoms with Crippen LogP contribution in [0.5, 0.6) is 0 Å². The molecule has 1 aromatic heterocycles. The first-order chi connectivity index (χ1) is 18.2. The Bertz CT molecular complexity index is 1250. The van der Waals surface area contributed by atoms with Crippen LogP contribution in [0.15, 0.2) is 66.9 Å². The van der Waals surface area contributed by atoms with Crippen LogP contribution in [0.25, 0.3) is 5.69 Å². The number of amides is 1. The Kier molecular flexibility index (Phi) is 8.76. The lowest BCUT2D eigenvalue weighted by Crippen LogP contribution is -2.28. The number of para-hydroxylation sites is 1. The van der Waals surface area contributed by atoms with Crippen LogP contribution >= 0.6 is 0 Å². The van der Waals surface area contributed by atoms with Gasteiger partial charge in [-0.3, -0.25) is 14.4 Å². The average Bonchev–Trinajstić information content (AvgIpc) is 3.39. The summed E-state index contributed by atoms with van der Waals surface area (Å²) in [6.07, 6.45) is 0.440. The van der Waals surface area contributed by atoms with Crippen LogP contribution in [-0.4, -0.2) is 33.8 Å². The summed E-state index contributed by atoms with van der Waals surface area (Å²) in [6.45, 7) is 0.0826. The number of ketones is 2. The molecule has 0 atom stereocenters. The van der Waals surface area contributed by atoms with E-state index in [0.717, 1.165) is 36.6 Å². The zero-order chi connectivity index (χ0) is 27.1. The van der Waals surface area contributed by atoms with Gasteiger partial charge in [-0.2, -0.15) is 18.3 Å². The van der Waals surface area contributed by atoms with Gasteiger partial charge in [0.1, 0.15) is 5.78 Å². The van der Waals surface area contributed by atoms with Crippen molar-refractivity contribution in [1.29, 1.82) is 0 Å². The number of carbonyl (C=O) groups excluding carboxylic acids is 3. The van der Waals surface area contributed by atoms with E-state index in [1.54, 1.807) is 30.3 Å². The van der Waals surface area contributed by atoms with Crippen molar-refractivity contribution in [2.75, 3.05) is 6.54 Å². The minimum Gasteiger partial charge on any atom is -0.352 e. The van der Waals surface area contributed by atoms with Gasteiger partial charge in [0.15, 0.2) is 11.5 Å². The first-order valence-corrected chi connectivity index (χ1v) is 12.8. The molecule has 1 amide bonds. The largest absolute Gasteiger partial charge is 0.435 e. The van der Waals surface area contributed by atoms with E-state index >= 15 is 0 Å². The third-order valence-electron chi connectivity index (χ3n) is 7.01. The SMILES string of the molecule is O=C(CC1CCC(C(=O)CCCNC(=O)c2cn(-c3ccccc3)nc2C(F)(F)F)CC1)c1ccccc1. The fraction of sp³-hybridized carbons (Fsp3) is 0.379. The zero-order valence-corrected chi connectivity index (χ0v) is 20.9. The number of hydrogen-bond acceptors (Lipinski definition) is 4. The van der Waals surface area contributed by atoms with Crippen molar-refractivity contribution in [3.8, 4) is 5.69 Å². The molecule has 2 aromatic carbocycles. The average molecular weight is 526 g/mol. The number of halogens is 3. The van der Waals surface area contributed by atoms with Crippen molar-refractivity contribution in [3.63, 3.8) is 0 Å². The molecule has 38 heavy (non-hydrogen) atoms. The predicted octanol–water partition coefficient (Wildman–Crippen LogP) is 6.05. The molecule has 200 valence electrons. The fourth-order valence-electron chi connectivity index (χ4n) is 4.92. The number of rotatable bonds is 10. The van der Waals surface area contributed by atoms with Crippen LogP contribution < -0.4 is 5.32 Å². The third kappa shape index (κ3) is 6.96. The van der Waals surface area contributed by atoms with Crippen molar-refractivity contribution >= 4 is 17.5 Å². The molecule has 0 bridgehead atoms. The molecule has 0 aliphatic heterocycles. The summed E-state index contributed by atoms with van der Waals surface area (Å²) < 4.78 is 41.5. The second kappa shape index (κ2) is 12.2. The van der Waals surface area contributed by atoms with Crippen molar-refractivity contribution in [3.05, 3.63) is 83.7 Å². The summed E-state index contributed by atoms with van der Waals surface area (Å²) in [5, 5.41) is 6.08. The molecule has 1 heterocycles. The van der Waals surface area contributed by atoms with Gasteiger partial charge in [0.05, 0.1) is 11.3 Å². The number of Topliss-reactive ketones (excluding diaryl/α,β-unsaturated/α-hetero) is 2. The molecule has 1 saturated carbocycles. The van der Waals surface area contributed by atoms with Gasteiger partial charge in [0.25, 0.3) is 5.91 Å². The summed E-state index contributed by atoms with van der Waals surface area (Å²) in [4.78, 5) is 37.7. The van der Waals surface area contributed by atoms with E-state index in [4.69, 9.17) is 0 Å². The summed E-state index contributed by atoms with van der Waals surface area (Å²) >= 11 is 0. The molecule has 1 fully saturated rings. The molecule has 0 spiro atoms. The smallest absolute Gasteiger partial charge is 0.352 e. The summed E-state index contributed by atoms with van der Waals surface area (Å²) in [5.41, 5.74) is -0.696.